The predicted octanol–water partition coefficient (Wildman–Crippen LogP) is 3.41. The molecule has 2 aromatic rings. The van der Waals surface area contributed by atoms with E-state index in [0.717, 1.165) is 12.3 Å². The lowest BCUT2D eigenvalue weighted by molar-refractivity contribution is -0.137. The van der Waals surface area contributed by atoms with Crippen LogP contribution in [-0.4, -0.2) is 33.3 Å². The molecule has 0 spiro atoms. The third-order valence-corrected chi connectivity index (χ3v) is 4.97. The van der Waals surface area contributed by atoms with Crippen LogP contribution >= 0.6 is 11.6 Å². The largest absolute Gasteiger partial charge is 0.416 e. The van der Waals surface area contributed by atoms with E-state index < -0.39 is 45.7 Å². The Morgan fingerprint density at radius 3 is 2.48 bits per heavy atom. The fourth-order valence-electron chi connectivity index (χ4n) is 2.18. The molecule has 0 bridgehead atoms. The van der Waals surface area contributed by atoms with Gasteiger partial charge in [-0.15, -0.1) is 0 Å². The van der Waals surface area contributed by atoms with Crippen molar-refractivity contribution in [1.29, 1.82) is 0 Å². The molecule has 0 fully saturated rings. The van der Waals surface area contributed by atoms with Gasteiger partial charge >= 0.3 is 6.18 Å². The SMILES string of the molecule is CS(=O)(=O)N(CC(=O)N/N=C\c1ccccc1F)c1cc(C(F)(F)F)ccc1Cl. The minimum atomic E-state index is -4.74. The number of alkyl halides is 3. The summed E-state index contributed by atoms with van der Waals surface area (Å²) in [5, 5.41) is 3.21. The molecule has 0 heterocycles. The van der Waals surface area contributed by atoms with E-state index >= 15 is 0 Å². The van der Waals surface area contributed by atoms with E-state index in [1.54, 1.807) is 0 Å². The van der Waals surface area contributed by atoms with Gasteiger partial charge in [0.05, 0.1) is 28.7 Å². The molecule has 1 amide bonds. The summed E-state index contributed by atoms with van der Waals surface area (Å²) in [6.07, 6.45) is -3.04. The number of amides is 1. The number of halogens is 5. The lowest BCUT2D eigenvalue weighted by Gasteiger charge is -2.23. The minimum Gasteiger partial charge on any atom is -0.271 e. The molecule has 0 aliphatic rings. The summed E-state index contributed by atoms with van der Waals surface area (Å²) in [4.78, 5) is 12.1. The number of benzene rings is 2. The first-order valence-electron chi connectivity index (χ1n) is 7.80. The number of anilines is 1. The fraction of sp³-hybridized carbons (Fsp3) is 0.176. The number of carbonyl (C=O) groups is 1. The van der Waals surface area contributed by atoms with Crippen molar-refractivity contribution in [1.82, 2.24) is 5.43 Å². The van der Waals surface area contributed by atoms with Crippen molar-refractivity contribution >= 4 is 39.4 Å². The van der Waals surface area contributed by atoms with Crippen molar-refractivity contribution < 1.29 is 30.8 Å². The van der Waals surface area contributed by atoms with E-state index in [9.17, 15) is 30.8 Å². The van der Waals surface area contributed by atoms with E-state index in [1.807, 2.05) is 5.43 Å². The van der Waals surface area contributed by atoms with E-state index in [1.165, 1.54) is 24.3 Å². The second-order valence-electron chi connectivity index (χ2n) is 5.75. The molecular weight excluding hydrogens is 438 g/mol. The Hall–Kier alpha value is -2.66. The normalized spacial score (nSPS) is 12.2. The van der Waals surface area contributed by atoms with Gasteiger partial charge in [-0.3, -0.25) is 9.10 Å². The van der Waals surface area contributed by atoms with Gasteiger partial charge in [-0.05, 0) is 24.3 Å². The molecule has 0 atom stereocenters. The first-order valence-corrected chi connectivity index (χ1v) is 10.0. The monoisotopic (exact) mass is 451 g/mol. The number of hydrogen-bond donors (Lipinski definition) is 1. The first-order chi connectivity index (χ1) is 13.4. The molecule has 2 rings (SSSR count). The molecule has 0 unspecified atom stereocenters. The summed E-state index contributed by atoms with van der Waals surface area (Å²) < 4.78 is 76.8. The Bertz CT molecular complexity index is 1040. The Balaban J connectivity index is 2.24. The van der Waals surface area contributed by atoms with Gasteiger partial charge in [-0.25, -0.2) is 18.2 Å². The van der Waals surface area contributed by atoms with E-state index in [4.69, 9.17) is 11.6 Å². The zero-order valence-corrected chi connectivity index (χ0v) is 16.3. The molecule has 12 heteroatoms. The summed E-state index contributed by atoms with van der Waals surface area (Å²) in [6, 6.07) is 7.64. The fourth-order valence-corrected chi connectivity index (χ4v) is 3.31. The number of rotatable bonds is 6. The molecule has 0 aliphatic carbocycles. The molecule has 29 heavy (non-hydrogen) atoms. The summed E-state index contributed by atoms with van der Waals surface area (Å²) in [7, 11) is -4.17. The van der Waals surface area contributed by atoms with Crippen molar-refractivity contribution in [3.8, 4) is 0 Å². The molecule has 0 saturated heterocycles. The topological polar surface area (TPSA) is 78.8 Å². The van der Waals surface area contributed by atoms with Crippen LogP contribution in [0, 0.1) is 5.82 Å². The van der Waals surface area contributed by atoms with Crippen LogP contribution < -0.4 is 9.73 Å². The zero-order valence-electron chi connectivity index (χ0n) is 14.7. The molecule has 1 N–H and O–H groups in total. The molecule has 0 radical (unpaired) electrons. The van der Waals surface area contributed by atoms with E-state index in [2.05, 4.69) is 5.10 Å². The van der Waals surface area contributed by atoms with Crippen LogP contribution in [-0.2, 0) is 21.0 Å². The highest BCUT2D eigenvalue weighted by Crippen LogP contribution is 2.36. The number of carbonyl (C=O) groups excluding carboxylic acids is 1. The third kappa shape index (κ3) is 6.16. The minimum absolute atomic E-state index is 0.0636. The van der Waals surface area contributed by atoms with Gasteiger partial charge in [0.15, 0.2) is 0 Å². The standard InChI is InChI=1S/C17H14ClF4N3O3S/c1-29(27,28)25(15-8-12(17(20,21)22)6-7-13(15)18)10-16(26)24-23-9-11-4-2-3-5-14(11)19/h2-9H,10H2,1H3,(H,24,26)/b23-9-. The van der Waals surface area contributed by atoms with Gasteiger partial charge in [-0.1, -0.05) is 29.8 Å². The highest BCUT2D eigenvalue weighted by molar-refractivity contribution is 7.92. The van der Waals surface area contributed by atoms with Gasteiger partial charge < -0.3 is 0 Å². The van der Waals surface area contributed by atoms with Gasteiger partial charge in [0.1, 0.15) is 12.4 Å². The maximum Gasteiger partial charge on any atom is 0.416 e. The summed E-state index contributed by atoms with van der Waals surface area (Å²) in [6.45, 7) is -0.894. The molecule has 156 valence electrons. The average Bonchev–Trinajstić information content (AvgIpc) is 2.60. The first kappa shape index (κ1) is 22.6. The van der Waals surface area contributed by atoms with Crippen LogP contribution in [0.5, 0.6) is 0 Å². The van der Waals surface area contributed by atoms with Crippen molar-refractivity contribution in [2.75, 3.05) is 17.1 Å². The number of sulfonamides is 1. The van der Waals surface area contributed by atoms with Crippen LogP contribution in [0.3, 0.4) is 0 Å². The molecule has 2 aromatic carbocycles. The van der Waals surface area contributed by atoms with Gasteiger partial charge in [-0.2, -0.15) is 18.3 Å². The smallest absolute Gasteiger partial charge is 0.271 e. The van der Waals surface area contributed by atoms with Crippen LogP contribution in [0.15, 0.2) is 47.6 Å². The highest BCUT2D eigenvalue weighted by Gasteiger charge is 2.33. The van der Waals surface area contributed by atoms with Crippen LogP contribution in [0.1, 0.15) is 11.1 Å². The van der Waals surface area contributed by atoms with Crippen LogP contribution in [0.25, 0.3) is 0 Å². The van der Waals surface area contributed by atoms with Crippen molar-refractivity contribution in [2.45, 2.75) is 6.18 Å². The van der Waals surface area contributed by atoms with Crippen LogP contribution in [0.2, 0.25) is 5.02 Å². The number of nitrogens with one attached hydrogen (secondary N) is 1. The van der Waals surface area contributed by atoms with Crippen molar-refractivity contribution in [3.63, 3.8) is 0 Å². The predicted molar refractivity (Wildman–Crippen MR) is 101 cm³/mol. The molecule has 0 aliphatic heterocycles. The molecule has 0 aromatic heterocycles. The van der Waals surface area contributed by atoms with Gasteiger partial charge in [0.25, 0.3) is 5.91 Å². The Labute approximate surface area is 168 Å². The summed E-state index contributed by atoms with van der Waals surface area (Å²) in [5.74, 6) is -1.57. The Kier molecular flexibility index (Phi) is 6.85. The maximum absolute atomic E-state index is 13.5. The zero-order chi connectivity index (χ0) is 21.8. The summed E-state index contributed by atoms with van der Waals surface area (Å²) >= 11 is 5.86. The van der Waals surface area contributed by atoms with E-state index in [-0.39, 0.29) is 10.6 Å². The molecule has 0 saturated carbocycles. The second kappa shape index (κ2) is 8.78. The quantitative estimate of drug-likeness (QED) is 0.415. The molecule has 6 nitrogen and oxygen atoms in total. The summed E-state index contributed by atoms with van der Waals surface area (Å²) in [5.41, 5.74) is 0.399. The number of hydrogen-bond acceptors (Lipinski definition) is 4. The average molecular weight is 452 g/mol. The van der Waals surface area contributed by atoms with Gasteiger partial charge in [0.2, 0.25) is 10.0 Å². The lowest BCUT2D eigenvalue weighted by Crippen LogP contribution is -2.39. The number of hydrazone groups is 1. The lowest BCUT2D eigenvalue weighted by atomic mass is 10.2. The Morgan fingerprint density at radius 2 is 1.90 bits per heavy atom. The van der Waals surface area contributed by atoms with Crippen molar-refractivity contribution in [3.05, 3.63) is 64.4 Å². The van der Waals surface area contributed by atoms with Crippen molar-refractivity contribution in [2.24, 2.45) is 5.10 Å². The molecular formula is C17H14ClF4N3O3S. The third-order valence-electron chi connectivity index (χ3n) is 3.53. The van der Waals surface area contributed by atoms with Gasteiger partial charge in [0, 0.05) is 5.56 Å². The van der Waals surface area contributed by atoms with E-state index in [0.29, 0.717) is 22.7 Å². The second-order valence-corrected chi connectivity index (χ2v) is 8.06. The highest BCUT2D eigenvalue weighted by atomic mass is 35.5. The van der Waals surface area contributed by atoms with Crippen LogP contribution in [0.4, 0.5) is 23.2 Å². The Morgan fingerprint density at radius 1 is 1.24 bits per heavy atom. The number of nitrogens with zero attached hydrogens (tertiary/aromatic N) is 2. The maximum atomic E-state index is 13.5.